The van der Waals surface area contributed by atoms with Crippen molar-refractivity contribution in [3.8, 4) is 0 Å². The predicted molar refractivity (Wildman–Crippen MR) is 104 cm³/mol. The average Bonchev–Trinajstić information content (AvgIpc) is 2.52. The molecule has 0 fully saturated rings. The number of ether oxygens (including phenoxy) is 2. The molecule has 1 aromatic rings. The number of esters is 1. The van der Waals surface area contributed by atoms with Crippen LogP contribution in [0.1, 0.15) is 51.4 Å². The van der Waals surface area contributed by atoms with Gasteiger partial charge in [-0.1, -0.05) is 35.0 Å². The van der Waals surface area contributed by atoms with E-state index < -0.39 is 5.97 Å². The van der Waals surface area contributed by atoms with E-state index in [-0.39, 0.29) is 24.1 Å². The minimum Gasteiger partial charge on any atom is -0.457 e. The summed E-state index contributed by atoms with van der Waals surface area (Å²) < 4.78 is 10.6. The first-order valence-electron chi connectivity index (χ1n) is 8.32. The maximum absolute atomic E-state index is 11.4. The molecule has 0 aliphatic carbocycles. The normalized spacial score (nSPS) is 10.3. The van der Waals surface area contributed by atoms with Gasteiger partial charge < -0.3 is 14.4 Å². The zero-order valence-electron chi connectivity index (χ0n) is 16.3. The van der Waals surface area contributed by atoms with Crippen LogP contribution in [0.3, 0.4) is 0 Å². The van der Waals surface area contributed by atoms with Crippen molar-refractivity contribution in [3.05, 3.63) is 34.3 Å². The summed E-state index contributed by atoms with van der Waals surface area (Å²) in [5.41, 5.74) is 0.147. The van der Waals surface area contributed by atoms with E-state index in [1.54, 1.807) is 36.2 Å². The van der Waals surface area contributed by atoms with Gasteiger partial charge in [-0.2, -0.15) is 0 Å². The lowest BCUT2D eigenvalue weighted by molar-refractivity contribution is -0.139. The molecular formula is C19H28BrNO5. The van der Waals surface area contributed by atoms with Gasteiger partial charge in [0.1, 0.15) is 5.60 Å². The number of hydrogen-bond acceptors (Lipinski definition) is 5. The molecule has 0 saturated heterocycles. The van der Waals surface area contributed by atoms with E-state index in [1.807, 2.05) is 27.7 Å². The van der Waals surface area contributed by atoms with Crippen LogP contribution in [0.2, 0.25) is 0 Å². The molecule has 0 aliphatic heterocycles. The zero-order valence-corrected chi connectivity index (χ0v) is 17.9. The molecular weight excluding hydrogens is 402 g/mol. The fourth-order valence-electron chi connectivity index (χ4n) is 1.65. The standard InChI is InChI=1S/C10H9BrO3.C9H19NO2/c1-7(12)14-6-10(13)8-2-4-9(11)5-3-8;1-6-7-10(5)8(11)12-9(2,3)4/h2-5H,6H2,1H3;6-7H2,1-5H3. The van der Waals surface area contributed by atoms with Crippen LogP contribution in [0, 0.1) is 0 Å². The third-order valence-electron chi connectivity index (χ3n) is 2.84. The topological polar surface area (TPSA) is 72.9 Å². The van der Waals surface area contributed by atoms with Crippen molar-refractivity contribution in [2.75, 3.05) is 20.2 Å². The summed E-state index contributed by atoms with van der Waals surface area (Å²) >= 11 is 3.26. The Morgan fingerprint density at radius 2 is 1.65 bits per heavy atom. The van der Waals surface area contributed by atoms with E-state index in [1.165, 1.54) is 6.92 Å². The Hall–Kier alpha value is -1.89. The highest BCUT2D eigenvalue weighted by atomic mass is 79.9. The fourth-order valence-corrected chi connectivity index (χ4v) is 1.92. The summed E-state index contributed by atoms with van der Waals surface area (Å²) in [6, 6.07) is 6.88. The Balaban J connectivity index is 0.000000488. The Kier molecular flexibility index (Phi) is 10.8. The predicted octanol–water partition coefficient (Wildman–Crippen LogP) is 4.46. The second-order valence-electron chi connectivity index (χ2n) is 6.61. The largest absolute Gasteiger partial charge is 0.457 e. The van der Waals surface area contributed by atoms with Crippen LogP contribution >= 0.6 is 15.9 Å². The number of benzene rings is 1. The van der Waals surface area contributed by atoms with Crippen molar-refractivity contribution in [1.82, 2.24) is 4.90 Å². The summed E-state index contributed by atoms with van der Waals surface area (Å²) in [4.78, 5) is 34.7. The van der Waals surface area contributed by atoms with Gasteiger partial charge in [-0.05, 0) is 39.3 Å². The van der Waals surface area contributed by atoms with Crippen molar-refractivity contribution in [2.45, 2.75) is 46.6 Å². The van der Waals surface area contributed by atoms with Gasteiger partial charge in [0.15, 0.2) is 12.4 Å². The van der Waals surface area contributed by atoms with Crippen molar-refractivity contribution >= 4 is 33.8 Å². The Morgan fingerprint density at radius 1 is 1.12 bits per heavy atom. The number of amides is 1. The quantitative estimate of drug-likeness (QED) is 0.510. The molecule has 7 heteroatoms. The minimum atomic E-state index is -0.449. The van der Waals surface area contributed by atoms with Crippen LogP contribution < -0.4 is 0 Å². The summed E-state index contributed by atoms with van der Waals surface area (Å²) in [6.45, 7) is 9.45. The van der Waals surface area contributed by atoms with Crippen LogP contribution in [0.25, 0.3) is 0 Å². The van der Waals surface area contributed by atoms with Gasteiger partial charge in [0.05, 0.1) is 0 Å². The third-order valence-corrected chi connectivity index (χ3v) is 3.37. The Labute approximate surface area is 164 Å². The minimum absolute atomic E-state index is 0.197. The van der Waals surface area contributed by atoms with Crippen LogP contribution in [-0.2, 0) is 14.3 Å². The monoisotopic (exact) mass is 429 g/mol. The van der Waals surface area contributed by atoms with Crippen LogP contribution in [-0.4, -0.2) is 48.5 Å². The summed E-state index contributed by atoms with van der Waals surface area (Å²) in [6.07, 6.45) is 0.708. The molecule has 0 aliphatic rings. The van der Waals surface area contributed by atoms with E-state index >= 15 is 0 Å². The van der Waals surface area contributed by atoms with Crippen LogP contribution in [0.5, 0.6) is 0 Å². The van der Waals surface area contributed by atoms with E-state index in [9.17, 15) is 14.4 Å². The number of hydrogen-bond donors (Lipinski definition) is 0. The second-order valence-corrected chi connectivity index (χ2v) is 7.53. The van der Waals surface area contributed by atoms with Crippen molar-refractivity contribution in [1.29, 1.82) is 0 Å². The molecule has 0 N–H and O–H groups in total. The maximum Gasteiger partial charge on any atom is 0.410 e. The van der Waals surface area contributed by atoms with Crippen molar-refractivity contribution < 1.29 is 23.9 Å². The average molecular weight is 430 g/mol. The Morgan fingerprint density at radius 3 is 2.08 bits per heavy atom. The number of Topliss-reactive ketones (excluding diaryl/α,β-unsaturated/α-hetero) is 1. The molecule has 0 saturated carbocycles. The molecule has 0 heterocycles. The van der Waals surface area contributed by atoms with Gasteiger partial charge in [0.25, 0.3) is 0 Å². The highest BCUT2D eigenvalue weighted by Crippen LogP contribution is 2.11. The molecule has 0 aromatic heterocycles. The Bertz CT molecular complexity index is 593. The van der Waals surface area contributed by atoms with E-state index in [0.29, 0.717) is 5.56 Å². The molecule has 6 nitrogen and oxygen atoms in total. The smallest absolute Gasteiger partial charge is 0.410 e. The highest BCUT2D eigenvalue weighted by Gasteiger charge is 2.18. The van der Waals surface area contributed by atoms with Gasteiger partial charge in [0.2, 0.25) is 0 Å². The number of ketones is 1. The first-order chi connectivity index (χ1) is 12.0. The highest BCUT2D eigenvalue weighted by molar-refractivity contribution is 9.10. The number of halogens is 1. The fraction of sp³-hybridized carbons (Fsp3) is 0.526. The number of carbonyl (C=O) groups is 3. The van der Waals surface area contributed by atoms with Crippen molar-refractivity contribution in [2.24, 2.45) is 0 Å². The number of rotatable bonds is 5. The molecule has 1 aromatic carbocycles. The molecule has 146 valence electrons. The molecule has 0 atom stereocenters. The first kappa shape index (κ1) is 24.1. The zero-order chi connectivity index (χ0) is 20.3. The summed E-state index contributed by atoms with van der Waals surface area (Å²) in [5, 5.41) is 0. The lowest BCUT2D eigenvalue weighted by Crippen LogP contribution is -2.34. The lowest BCUT2D eigenvalue weighted by Gasteiger charge is -2.24. The van der Waals surface area contributed by atoms with Crippen molar-refractivity contribution in [3.63, 3.8) is 0 Å². The second kappa shape index (κ2) is 11.7. The first-order valence-corrected chi connectivity index (χ1v) is 9.11. The SMILES string of the molecule is CC(=O)OCC(=O)c1ccc(Br)cc1.CCCN(C)C(=O)OC(C)(C)C. The number of carbonyl (C=O) groups excluding carboxylic acids is 3. The molecule has 0 unspecified atom stereocenters. The van der Waals surface area contributed by atoms with E-state index in [0.717, 1.165) is 17.4 Å². The van der Waals surface area contributed by atoms with Gasteiger partial charge in [-0.15, -0.1) is 0 Å². The van der Waals surface area contributed by atoms with Gasteiger partial charge in [-0.25, -0.2) is 4.79 Å². The number of nitrogens with zero attached hydrogens (tertiary/aromatic N) is 1. The van der Waals surface area contributed by atoms with E-state index in [2.05, 4.69) is 20.7 Å². The molecule has 0 radical (unpaired) electrons. The molecule has 0 spiro atoms. The van der Waals surface area contributed by atoms with Gasteiger partial charge >= 0.3 is 12.1 Å². The van der Waals surface area contributed by atoms with E-state index in [4.69, 9.17) is 4.74 Å². The maximum atomic E-state index is 11.4. The summed E-state index contributed by atoms with van der Waals surface area (Å²) in [7, 11) is 1.75. The van der Waals surface area contributed by atoms with Crippen LogP contribution in [0.15, 0.2) is 28.7 Å². The molecule has 26 heavy (non-hydrogen) atoms. The third kappa shape index (κ3) is 11.6. The lowest BCUT2D eigenvalue weighted by atomic mass is 10.1. The van der Waals surface area contributed by atoms with Crippen LogP contribution in [0.4, 0.5) is 4.79 Å². The summed E-state index contributed by atoms with van der Waals surface area (Å²) in [5.74, 6) is -0.650. The molecule has 1 amide bonds. The van der Waals surface area contributed by atoms with Gasteiger partial charge in [0, 0.05) is 30.6 Å². The molecule has 0 bridgehead atoms. The molecule has 1 rings (SSSR count). The van der Waals surface area contributed by atoms with Gasteiger partial charge in [-0.3, -0.25) is 9.59 Å².